The van der Waals surface area contributed by atoms with Gasteiger partial charge in [-0.25, -0.2) is 4.98 Å². The van der Waals surface area contributed by atoms with Crippen LogP contribution in [-0.4, -0.2) is 52.0 Å². The number of rotatable bonds is 10. The zero-order valence-corrected chi connectivity index (χ0v) is 23.2. The van der Waals surface area contributed by atoms with Crippen LogP contribution in [0.5, 0.6) is 0 Å². The lowest BCUT2D eigenvalue weighted by molar-refractivity contribution is -0.263. The number of hydrogen-bond donors (Lipinski definition) is 2. The minimum atomic E-state index is -0.339. The number of aromatic nitrogens is 3. The predicted octanol–water partition coefficient (Wildman–Crippen LogP) is 4.95. The molecule has 2 heterocycles. The summed E-state index contributed by atoms with van der Waals surface area (Å²) in [6.45, 7) is 16.5. The van der Waals surface area contributed by atoms with E-state index in [9.17, 15) is 0 Å². The molecular formula is C26H43N5O3S. The smallest absolute Gasteiger partial charge is 0.227 e. The number of anilines is 1. The maximum atomic E-state index is 5.98. The first kappa shape index (κ1) is 29.5. The van der Waals surface area contributed by atoms with E-state index in [0.29, 0.717) is 48.8 Å². The second kappa shape index (κ2) is 14.7. The lowest BCUT2D eigenvalue weighted by atomic mass is 10.1. The van der Waals surface area contributed by atoms with Crippen LogP contribution in [0.1, 0.15) is 64.9 Å². The summed E-state index contributed by atoms with van der Waals surface area (Å²) in [5.74, 6) is 2.46. The lowest BCUT2D eigenvalue weighted by Crippen LogP contribution is -2.46. The van der Waals surface area contributed by atoms with Crippen molar-refractivity contribution >= 4 is 17.7 Å². The predicted molar refractivity (Wildman–Crippen MR) is 142 cm³/mol. The molecule has 1 unspecified atom stereocenters. The molecule has 35 heavy (non-hydrogen) atoms. The summed E-state index contributed by atoms with van der Waals surface area (Å²) >= 11 is 1.43. The third-order valence-electron chi connectivity index (χ3n) is 5.87. The van der Waals surface area contributed by atoms with Crippen LogP contribution in [0.3, 0.4) is 0 Å². The molecule has 0 amide bonds. The van der Waals surface area contributed by atoms with Crippen molar-refractivity contribution in [3.63, 3.8) is 0 Å². The first-order chi connectivity index (χ1) is 16.7. The van der Waals surface area contributed by atoms with E-state index >= 15 is 0 Å². The fourth-order valence-electron chi connectivity index (χ4n) is 3.10. The second-order valence-corrected chi connectivity index (χ2v) is 10.3. The van der Waals surface area contributed by atoms with Crippen molar-refractivity contribution in [3.8, 4) is 0 Å². The standard InChI is InChI=1S/C15H22O3.C11H21N5S/c1-4-14-16-10-15(3,11-17-14)18-9-13-8-6-5-7-12(13)2;1-5-9-14-10(13-8(4)7(2)3)16-11(15-9)17-6-12/h5-8,14H,4,9-11H2,1-3H3;7-8H,5-6,12H2,1-4H3,(H,13,14,15,16). The van der Waals surface area contributed by atoms with Crippen molar-refractivity contribution in [1.82, 2.24) is 15.0 Å². The molecule has 3 N–H and O–H groups in total. The fourth-order valence-corrected chi connectivity index (χ4v) is 3.57. The quantitative estimate of drug-likeness (QED) is 0.343. The Morgan fingerprint density at radius 3 is 2.40 bits per heavy atom. The van der Waals surface area contributed by atoms with Crippen LogP contribution >= 0.6 is 11.8 Å². The first-order valence-electron chi connectivity index (χ1n) is 12.5. The molecule has 9 heteroatoms. The summed E-state index contributed by atoms with van der Waals surface area (Å²) in [6, 6.07) is 8.60. The Labute approximate surface area is 215 Å². The molecule has 1 aromatic carbocycles. The molecule has 0 spiro atoms. The monoisotopic (exact) mass is 505 g/mol. The van der Waals surface area contributed by atoms with Crippen molar-refractivity contribution in [1.29, 1.82) is 0 Å². The minimum Gasteiger partial charge on any atom is -0.366 e. The molecule has 1 aliphatic heterocycles. The lowest BCUT2D eigenvalue weighted by Gasteiger charge is -2.37. The molecular weight excluding hydrogens is 462 g/mol. The summed E-state index contributed by atoms with van der Waals surface area (Å²) < 4.78 is 17.2. The van der Waals surface area contributed by atoms with Gasteiger partial charge in [0.2, 0.25) is 5.95 Å². The van der Waals surface area contributed by atoms with Crippen molar-refractivity contribution in [3.05, 3.63) is 41.2 Å². The topological polar surface area (TPSA) is 104 Å². The highest BCUT2D eigenvalue weighted by atomic mass is 32.2. The van der Waals surface area contributed by atoms with E-state index in [2.05, 4.69) is 67.0 Å². The van der Waals surface area contributed by atoms with Crippen molar-refractivity contribution < 1.29 is 14.2 Å². The Bertz CT molecular complexity index is 891. The van der Waals surface area contributed by atoms with E-state index in [1.165, 1.54) is 22.9 Å². The number of thioether (sulfide) groups is 1. The highest BCUT2D eigenvalue weighted by Crippen LogP contribution is 2.23. The molecule has 1 aromatic heterocycles. The van der Waals surface area contributed by atoms with Crippen LogP contribution < -0.4 is 11.1 Å². The Balaban J connectivity index is 0.000000247. The van der Waals surface area contributed by atoms with E-state index in [1.54, 1.807) is 0 Å². The second-order valence-electron chi connectivity index (χ2n) is 9.32. The summed E-state index contributed by atoms with van der Waals surface area (Å²) in [5.41, 5.74) is 7.63. The van der Waals surface area contributed by atoms with Crippen LogP contribution in [0, 0.1) is 12.8 Å². The number of aryl methyl sites for hydroxylation is 2. The van der Waals surface area contributed by atoms with Gasteiger partial charge in [0.15, 0.2) is 11.4 Å². The largest absolute Gasteiger partial charge is 0.366 e. The van der Waals surface area contributed by atoms with Gasteiger partial charge in [0.1, 0.15) is 11.4 Å². The number of nitrogens with one attached hydrogen (secondary N) is 1. The normalized spacial score (nSPS) is 20.8. The van der Waals surface area contributed by atoms with Crippen molar-refractivity contribution in [2.45, 2.75) is 91.0 Å². The summed E-state index contributed by atoms with van der Waals surface area (Å²) in [7, 11) is 0. The molecule has 1 fully saturated rings. The molecule has 3 rings (SSSR count). The van der Waals surface area contributed by atoms with Gasteiger partial charge in [0.25, 0.3) is 0 Å². The Kier molecular flexibility index (Phi) is 12.4. The van der Waals surface area contributed by atoms with Gasteiger partial charge in [0.05, 0.1) is 19.8 Å². The van der Waals surface area contributed by atoms with Crippen molar-refractivity contribution in [2.75, 3.05) is 24.4 Å². The summed E-state index contributed by atoms with van der Waals surface area (Å²) in [4.78, 5) is 13.0. The number of hydrogen-bond acceptors (Lipinski definition) is 9. The third-order valence-corrected chi connectivity index (χ3v) is 6.47. The van der Waals surface area contributed by atoms with Gasteiger partial charge < -0.3 is 25.3 Å². The summed E-state index contributed by atoms with van der Waals surface area (Å²) in [6.07, 6.45) is 1.61. The molecule has 1 aliphatic rings. The third kappa shape index (κ3) is 10.0. The van der Waals surface area contributed by atoms with Gasteiger partial charge in [0, 0.05) is 18.3 Å². The highest BCUT2D eigenvalue weighted by Gasteiger charge is 2.33. The van der Waals surface area contributed by atoms with Gasteiger partial charge in [-0.3, -0.25) is 0 Å². The average Bonchev–Trinajstić information content (AvgIpc) is 2.84. The van der Waals surface area contributed by atoms with Crippen LogP contribution in [-0.2, 0) is 27.2 Å². The van der Waals surface area contributed by atoms with E-state index < -0.39 is 0 Å². The zero-order chi connectivity index (χ0) is 25.8. The molecule has 1 saturated heterocycles. The maximum Gasteiger partial charge on any atom is 0.227 e. The molecule has 0 bridgehead atoms. The number of nitrogens with zero attached hydrogens (tertiary/aromatic N) is 3. The van der Waals surface area contributed by atoms with E-state index in [0.717, 1.165) is 18.7 Å². The fraction of sp³-hybridized carbons (Fsp3) is 0.654. The molecule has 8 nitrogen and oxygen atoms in total. The van der Waals surface area contributed by atoms with Gasteiger partial charge in [-0.2, -0.15) is 9.97 Å². The number of benzene rings is 1. The van der Waals surface area contributed by atoms with Crippen LogP contribution in [0.25, 0.3) is 0 Å². The number of ether oxygens (including phenoxy) is 3. The minimum absolute atomic E-state index is 0.0693. The average molecular weight is 506 g/mol. The molecule has 0 saturated carbocycles. The van der Waals surface area contributed by atoms with Gasteiger partial charge in [-0.15, -0.1) is 0 Å². The van der Waals surface area contributed by atoms with Crippen molar-refractivity contribution in [2.24, 2.45) is 11.7 Å². The number of nitrogens with two attached hydrogens (primary N) is 1. The van der Waals surface area contributed by atoms with Crippen LogP contribution in [0.15, 0.2) is 29.4 Å². The maximum absolute atomic E-state index is 5.98. The van der Waals surface area contributed by atoms with Crippen LogP contribution in [0.2, 0.25) is 0 Å². The Hall–Kier alpha value is -1.78. The van der Waals surface area contributed by atoms with Gasteiger partial charge >= 0.3 is 0 Å². The van der Waals surface area contributed by atoms with E-state index in [1.807, 2.05) is 26.0 Å². The van der Waals surface area contributed by atoms with Gasteiger partial charge in [-0.1, -0.05) is 63.7 Å². The molecule has 0 radical (unpaired) electrons. The van der Waals surface area contributed by atoms with E-state index in [-0.39, 0.29) is 11.9 Å². The van der Waals surface area contributed by atoms with Crippen LogP contribution in [0.4, 0.5) is 5.95 Å². The highest BCUT2D eigenvalue weighted by molar-refractivity contribution is 7.99. The molecule has 1 atom stereocenters. The molecule has 2 aromatic rings. The molecule has 0 aliphatic carbocycles. The Morgan fingerprint density at radius 2 is 1.83 bits per heavy atom. The van der Waals surface area contributed by atoms with Gasteiger partial charge in [-0.05, 0) is 44.2 Å². The zero-order valence-electron chi connectivity index (χ0n) is 22.3. The Morgan fingerprint density at radius 1 is 1.14 bits per heavy atom. The first-order valence-corrected chi connectivity index (χ1v) is 13.4. The SMILES string of the molecule is CCC1OCC(C)(OCc2ccccc2C)CO1.CCc1nc(NC(C)C(C)C)nc(SCN)n1. The summed E-state index contributed by atoms with van der Waals surface area (Å²) in [5, 5.41) is 3.99. The molecule has 196 valence electrons. The van der Waals surface area contributed by atoms with E-state index in [4.69, 9.17) is 19.9 Å².